The molecule has 11 heavy (non-hydrogen) atoms. The second kappa shape index (κ2) is 3.49. The molecule has 0 atom stereocenters. The van der Waals surface area contributed by atoms with Gasteiger partial charge in [-0.3, -0.25) is 4.98 Å². The third kappa shape index (κ3) is 2.31. The van der Waals surface area contributed by atoms with Crippen LogP contribution in [0.25, 0.3) is 0 Å². The highest BCUT2D eigenvalue weighted by molar-refractivity contribution is 5.19. The molecule has 1 N–H and O–H groups in total. The molecule has 2 heteroatoms. The summed E-state index contributed by atoms with van der Waals surface area (Å²) >= 11 is 0. The number of rotatable bonds is 2. The van der Waals surface area contributed by atoms with E-state index in [4.69, 9.17) is 0 Å². The standard InChI is InChI=1S/C9H14N2/c1-7-4-8(2)11-9(5-7)6-10-3/h4-5,10H,6H2,1-3H3. The summed E-state index contributed by atoms with van der Waals surface area (Å²) in [5.74, 6) is 0. The van der Waals surface area contributed by atoms with E-state index in [1.54, 1.807) is 0 Å². The van der Waals surface area contributed by atoms with Gasteiger partial charge in [-0.15, -0.1) is 0 Å². The number of aryl methyl sites for hydroxylation is 2. The first kappa shape index (κ1) is 8.21. The van der Waals surface area contributed by atoms with E-state index in [0.29, 0.717) is 0 Å². The fraction of sp³-hybridized carbons (Fsp3) is 0.444. The highest BCUT2D eigenvalue weighted by Gasteiger charge is 1.94. The molecule has 0 aromatic carbocycles. The molecule has 0 saturated carbocycles. The summed E-state index contributed by atoms with van der Waals surface area (Å²) in [4.78, 5) is 4.36. The first-order chi connectivity index (χ1) is 5.22. The van der Waals surface area contributed by atoms with Gasteiger partial charge in [-0.05, 0) is 38.6 Å². The minimum atomic E-state index is 0.850. The highest BCUT2D eigenvalue weighted by atomic mass is 14.8. The average molecular weight is 150 g/mol. The second-order valence-corrected chi connectivity index (χ2v) is 2.81. The van der Waals surface area contributed by atoms with E-state index in [1.165, 1.54) is 5.56 Å². The SMILES string of the molecule is CNCc1cc(C)cc(C)n1. The van der Waals surface area contributed by atoms with Crippen LogP contribution in [0.1, 0.15) is 17.0 Å². The van der Waals surface area contributed by atoms with Crippen LogP contribution in [0.5, 0.6) is 0 Å². The largest absolute Gasteiger partial charge is 0.314 e. The number of pyridine rings is 1. The van der Waals surface area contributed by atoms with E-state index in [1.807, 2.05) is 14.0 Å². The Hall–Kier alpha value is -0.890. The fourth-order valence-corrected chi connectivity index (χ4v) is 1.20. The van der Waals surface area contributed by atoms with Gasteiger partial charge in [0.05, 0.1) is 5.69 Å². The van der Waals surface area contributed by atoms with Crippen molar-refractivity contribution in [3.8, 4) is 0 Å². The third-order valence-electron chi connectivity index (χ3n) is 1.51. The first-order valence-electron chi connectivity index (χ1n) is 3.81. The lowest BCUT2D eigenvalue weighted by Crippen LogP contribution is -2.07. The van der Waals surface area contributed by atoms with Gasteiger partial charge in [0.25, 0.3) is 0 Å². The lowest BCUT2D eigenvalue weighted by molar-refractivity contribution is 0.785. The van der Waals surface area contributed by atoms with Crippen LogP contribution < -0.4 is 5.32 Å². The van der Waals surface area contributed by atoms with Crippen LogP contribution in [0.15, 0.2) is 12.1 Å². The van der Waals surface area contributed by atoms with Gasteiger partial charge in [0, 0.05) is 12.2 Å². The number of aromatic nitrogens is 1. The first-order valence-corrected chi connectivity index (χ1v) is 3.81. The van der Waals surface area contributed by atoms with E-state index in [9.17, 15) is 0 Å². The molecule has 1 heterocycles. The van der Waals surface area contributed by atoms with E-state index in [0.717, 1.165) is 17.9 Å². The lowest BCUT2D eigenvalue weighted by Gasteiger charge is -2.02. The van der Waals surface area contributed by atoms with E-state index >= 15 is 0 Å². The number of nitrogens with zero attached hydrogens (tertiary/aromatic N) is 1. The van der Waals surface area contributed by atoms with Gasteiger partial charge in [-0.1, -0.05) is 0 Å². The molecule has 1 aromatic heterocycles. The van der Waals surface area contributed by atoms with Crippen LogP contribution in [-0.2, 0) is 6.54 Å². The maximum Gasteiger partial charge on any atom is 0.0547 e. The summed E-state index contributed by atoms with van der Waals surface area (Å²) in [7, 11) is 1.93. The molecule has 2 nitrogen and oxygen atoms in total. The molecule has 60 valence electrons. The van der Waals surface area contributed by atoms with Crippen molar-refractivity contribution in [2.75, 3.05) is 7.05 Å². The molecule has 0 bridgehead atoms. The van der Waals surface area contributed by atoms with Gasteiger partial charge in [-0.2, -0.15) is 0 Å². The minimum absolute atomic E-state index is 0.850. The van der Waals surface area contributed by atoms with Crippen LogP contribution in [0.2, 0.25) is 0 Å². The Kier molecular flexibility index (Phi) is 2.60. The van der Waals surface area contributed by atoms with Gasteiger partial charge in [-0.25, -0.2) is 0 Å². The zero-order chi connectivity index (χ0) is 8.27. The summed E-state index contributed by atoms with van der Waals surface area (Å²) in [5, 5.41) is 3.08. The molecular formula is C9H14N2. The van der Waals surface area contributed by atoms with Crippen molar-refractivity contribution in [3.05, 3.63) is 29.1 Å². The van der Waals surface area contributed by atoms with Crippen molar-refractivity contribution in [1.29, 1.82) is 0 Å². The molecule has 1 rings (SSSR count). The monoisotopic (exact) mass is 150 g/mol. The summed E-state index contributed by atoms with van der Waals surface area (Å²) < 4.78 is 0. The predicted octanol–water partition coefficient (Wildman–Crippen LogP) is 1.42. The van der Waals surface area contributed by atoms with Crippen molar-refractivity contribution in [3.63, 3.8) is 0 Å². The average Bonchev–Trinajstić information content (AvgIpc) is 1.85. The molecule has 0 aliphatic carbocycles. The predicted molar refractivity (Wildman–Crippen MR) is 46.5 cm³/mol. The Morgan fingerprint density at radius 2 is 2.09 bits per heavy atom. The van der Waals surface area contributed by atoms with Crippen molar-refractivity contribution in [1.82, 2.24) is 10.3 Å². The smallest absolute Gasteiger partial charge is 0.0547 e. The van der Waals surface area contributed by atoms with E-state index in [-0.39, 0.29) is 0 Å². The van der Waals surface area contributed by atoms with Gasteiger partial charge >= 0.3 is 0 Å². The number of hydrogen-bond donors (Lipinski definition) is 1. The molecule has 0 aliphatic heterocycles. The molecule has 0 aliphatic rings. The van der Waals surface area contributed by atoms with Crippen LogP contribution in [-0.4, -0.2) is 12.0 Å². The normalized spacial score (nSPS) is 10.1. The topological polar surface area (TPSA) is 24.9 Å². The Labute approximate surface area is 67.7 Å². The molecule has 0 amide bonds. The summed E-state index contributed by atoms with van der Waals surface area (Å²) in [6.45, 7) is 4.96. The maximum absolute atomic E-state index is 4.36. The minimum Gasteiger partial charge on any atom is -0.314 e. The number of nitrogens with one attached hydrogen (secondary N) is 1. The molecule has 0 spiro atoms. The van der Waals surface area contributed by atoms with Crippen molar-refractivity contribution in [2.24, 2.45) is 0 Å². The quantitative estimate of drug-likeness (QED) is 0.689. The van der Waals surface area contributed by atoms with Crippen molar-refractivity contribution < 1.29 is 0 Å². The van der Waals surface area contributed by atoms with Gasteiger partial charge in [0.1, 0.15) is 0 Å². The van der Waals surface area contributed by atoms with Crippen molar-refractivity contribution in [2.45, 2.75) is 20.4 Å². The fourth-order valence-electron chi connectivity index (χ4n) is 1.20. The summed E-state index contributed by atoms with van der Waals surface area (Å²) in [6.07, 6.45) is 0. The molecule has 1 aromatic rings. The van der Waals surface area contributed by atoms with Crippen LogP contribution in [0, 0.1) is 13.8 Å². The Morgan fingerprint density at radius 3 is 2.64 bits per heavy atom. The third-order valence-corrected chi connectivity index (χ3v) is 1.51. The molecule has 0 unspecified atom stereocenters. The molecule has 0 fully saturated rings. The second-order valence-electron chi connectivity index (χ2n) is 2.81. The Morgan fingerprint density at radius 1 is 1.36 bits per heavy atom. The van der Waals surface area contributed by atoms with Crippen LogP contribution in [0.3, 0.4) is 0 Å². The molecule has 0 radical (unpaired) electrons. The Balaban J connectivity index is 2.89. The van der Waals surface area contributed by atoms with Gasteiger partial charge in [0.15, 0.2) is 0 Å². The van der Waals surface area contributed by atoms with E-state index in [2.05, 4.69) is 29.4 Å². The van der Waals surface area contributed by atoms with Gasteiger partial charge in [0.2, 0.25) is 0 Å². The summed E-state index contributed by atoms with van der Waals surface area (Å²) in [5.41, 5.74) is 3.49. The molecule has 0 saturated heterocycles. The van der Waals surface area contributed by atoms with Crippen molar-refractivity contribution >= 4 is 0 Å². The number of hydrogen-bond acceptors (Lipinski definition) is 2. The zero-order valence-corrected chi connectivity index (χ0v) is 7.31. The molecular weight excluding hydrogens is 136 g/mol. The zero-order valence-electron chi connectivity index (χ0n) is 7.31. The van der Waals surface area contributed by atoms with Crippen LogP contribution >= 0.6 is 0 Å². The lowest BCUT2D eigenvalue weighted by atomic mass is 10.2. The van der Waals surface area contributed by atoms with Gasteiger partial charge < -0.3 is 5.32 Å². The maximum atomic E-state index is 4.36. The van der Waals surface area contributed by atoms with Crippen LogP contribution in [0.4, 0.5) is 0 Å². The summed E-state index contributed by atoms with van der Waals surface area (Å²) in [6, 6.07) is 4.18. The Bertz CT molecular complexity index is 223. The van der Waals surface area contributed by atoms with E-state index < -0.39 is 0 Å². The highest BCUT2D eigenvalue weighted by Crippen LogP contribution is 2.03.